The van der Waals surface area contributed by atoms with Gasteiger partial charge >= 0.3 is 0 Å². The highest BCUT2D eigenvalue weighted by atomic mass is 16.5. The fourth-order valence-electron chi connectivity index (χ4n) is 2.81. The highest BCUT2D eigenvalue weighted by Gasteiger charge is 2.31. The first kappa shape index (κ1) is 12.9. The molecule has 0 aromatic heterocycles. The zero-order valence-electron chi connectivity index (χ0n) is 10.4. The Bertz CT molecular complexity index is 175. The van der Waals surface area contributed by atoms with Crippen LogP contribution < -0.4 is 5.73 Å². The minimum Gasteiger partial charge on any atom is -0.383 e. The molecule has 3 atom stereocenters. The lowest BCUT2D eigenvalue weighted by atomic mass is 10.0. The molecule has 3 nitrogen and oxygen atoms in total. The maximum Gasteiger partial charge on any atom is 0.0617 e. The van der Waals surface area contributed by atoms with Gasteiger partial charge in [0, 0.05) is 19.2 Å². The summed E-state index contributed by atoms with van der Waals surface area (Å²) in [6, 6.07) is 1.22. The summed E-state index contributed by atoms with van der Waals surface area (Å²) in [5.74, 6) is 0.695. The molecule has 0 aliphatic heterocycles. The molecule has 0 heterocycles. The Morgan fingerprint density at radius 3 is 2.73 bits per heavy atom. The molecule has 0 aromatic carbocycles. The van der Waals surface area contributed by atoms with Crippen LogP contribution in [0.4, 0.5) is 0 Å². The summed E-state index contributed by atoms with van der Waals surface area (Å²) in [6.07, 6.45) is 5.09. The second kappa shape index (κ2) is 6.46. The lowest BCUT2D eigenvalue weighted by Crippen LogP contribution is -2.45. The van der Waals surface area contributed by atoms with Crippen molar-refractivity contribution in [3.05, 3.63) is 0 Å². The summed E-state index contributed by atoms with van der Waals surface area (Å²) in [6.45, 7) is 3.89. The summed E-state index contributed by atoms with van der Waals surface area (Å²) >= 11 is 0. The fourth-order valence-corrected chi connectivity index (χ4v) is 2.81. The van der Waals surface area contributed by atoms with Gasteiger partial charge in [-0.15, -0.1) is 0 Å². The molecule has 15 heavy (non-hydrogen) atoms. The Kier molecular flexibility index (Phi) is 5.58. The average molecular weight is 214 g/mol. The number of methoxy groups -OCH3 is 1. The van der Waals surface area contributed by atoms with Gasteiger partial charge in [-0.3, -0.25) is 4.90 Å². The molecule has 0 saturated heterocycles. The van der Waals surface area contributed by atoms with Crippen LogP contribution >= 0.6 is 0 Å². The summed E-state index contributed by atoms with van der Waals surface area (Å²) in [5.41, 5.74) is 5.82. The average Bonchev–Trinajstić information content (AvgIpc) is 2.72. The van der Waals surface area contributed by atoms with Crippen LogP contribution in [0.15, 0.2) is 0 Å². The number of nitrogens with zero attached hydrogens (tertiary/aromatic N) is 1. The van der Waals surface area contributed by atoms with E-state index in [1.54, 1.807) is 7.11 Å². The molecule has 0 aromatic rings. The zero-order valence-corrected chi connectivity index (χ0v) is 10.4. The second-order valence-electron chi connectivity index (χ2n) is 4.68. The number of nitrogens with two attached hydrogens (primary N) is 1. The van der Waals surface area contributed by atoms with Crippen molar-refractivity contribution < 1.29 is 4.74 Å². The van der Waals surface area contributed by atoms with Crippen LogP contribution in [0.5, 0.6) is 0 Å². The summed E-state index contributed by atoms with van der Waals surface area (Å²) in [4.78, 5) is 2.49. The first-order chi connectivity index (χ1) is 7.24. The van der Waals surface area contributed by atoms with Gasteiger partial charge < -0.3 is 10.5 Å². The van der Waals surface area contributed by atoms with Gasteiger partial charge in [0.05, 0.1) is 6.61 Å². The Hall–Kier alpha value is -0.120. The van der Waals surface area contributed by atoms with Crippen molar-refractivity contribution in [1.82, 2.24) is 4.90 Å². The molecule has 3 heteroatoms. The number of ether oxygens (including phenoxy) is 1. The van der Waals surface area contributed by atoms with Crippen LogP contribution in [0.2, 0.25) is 0 Å². The third kappa shape index (κ3) is 3.16. The molecular formula is C12H26N2O. The second-order valence-corrected chi connectivity index (χ2v) is 4.68. The predicted molar refractivity (Wildman–Crippen MR) is 63.9 cm³/mol. The minimum absolute atomic E-state index is 0.548. The van der Waals surface area contributed by atoms with Crippen molar-refractivity contribution in [2.75, 3.05) is 27.3 Å². The number of hydrogen-bond donors (Lipinski definition) is 1. The zero-order chi connectivity index (χ0) is 11.3. The molecule has 2 N–H and O–H groups in total. The van der Waals surface area contributed by atoms with E-state index < -0.39 is 0 Å². The standard InChI is InChI=1S/C12H26N2O/c1-4-11(9-15-3)14(2)12-7-5-6-10(12)8-13/h10-12H,4-9,13H2,1-3H3. The number of rotatable bonds is 6. The maximum atomic E-state index is 5.82. The van der Waals surface area contributed by atoms with Gasteiger partial charge in [-0.25, -0.2) is 0 Å². The van der Waals surface area contributed by atoms with E-state index in [2.05, 4.69) is 18.9 Å². The smallest absolute Gasteiger partial charge is 0.0617 e. The van der Waals surface area contributed by atoms with Gasteiger partial charge in [0.15, 0.2) is 0 Å². The lowest BCUT2D eigenvalue weighted by molar-refractivity contribution is 0.0660. The largest absolute Gasteiger partial charge is 0.383 e. The molecule has 0 radical (unpaired) electrons. The normalized spacial score (nSPS) is 28.6. The predicted octanol–water partition coefficient (Wildman–Crippen LogP) is 1.47. The summed E-state index contributed by atoms with van der Waals surface area (Å²) in [5, 5.41) is 0. The number of hydrogen-bond acceptors (Lipinski definition) is 3. The molecule has 1 saturated carbocycles. The molecule has 0 spiro atoms. The number of likely N-dealkylation sites (N-methyl/N-ethyl adjacent to an activating group) is 1. The van der Waals surface area contributed by atoms with Gasteiger partial charge in [0.1, 0.15) is 0 Å². The molecule has 1 rings (SSSR count). The third-order valence-corrected chi connectivity index (χ3v) is 3.85. The van der Waals surface area contributed by atoms with Crippen molar-refractivity contribution in [1.29, 1.82) is 0 Å². The van der Waals surface area contributed by atoms with Crippen LogP contribution in [0, 0.1) is 5.92 Å². The van der Waals surface area contributed by atoms with E-state index in [0.29, 0.717) is 18.0 Å². The third-order valence-electron chi connectivity index (χ3n) is 3.85. The monoisotopic (exact) mass is 214 g/mol. The van der Waals surface area contributed by atoms with Gasteiger partial charge in [-0.1, -0.05) is 13.3 Å². The Morgan fingerprint density at radius 1 is 1.47 bits per heavy atom. The van der Waals surface area contributed by atoms with E-state index in [1.807, 2.05) is 0 Å². The highest BCUT2D eigenvalue weighted by molar-refractivity contribution is 4.87. The Labute approximate surface area is 94.0 Å². The summed E-state index contributed by atoms with van der Waals surface area (Å²) in [7, 11) is 4.01. The topological polar surface area (TPSA) is 38.5 Å². The summed E-state index contributed by atoms with van der Waals surface area (Å²) < 4.78 is 5.27. The Morgan fingerprint density at radius 2 is 2.20 bits per heavy atom. The maximum absolute atomic E-state index is 5.82. The van der Waals surface area contributed by atoms with Gasteiger partial charge in [0.2, 0.25) is 0 Å². The molecule has 90 valence electrons. The van der Waals surface area contributed by atoms with Crippen LogP contribution in [-0.4, -0.2) is 44.3 Å². The van der Waals surface area contributed by atoms with Crippen molar-refractivity contribution >= 4 is 0 Å². The van der Waals surface area contributed by atoms with Crippen molar-refractivity contribution in [2.45, 2.75) is 44.7 Å². The van der Waals surface area contributed by atoms with Crippen molar-refractivity contribution in [3.63, 3.8) is 0 Å². The minimum atomic E-state index is 0.548. The quantitative estimate of drug-likeness (QED) is 0.727. The highest BCUT2D eigenvalue weighted by Crippen LogP contribution is 2.30. The molecule has 1 fully saturated rings. The van der Waals surface area contributed by atoms with E-state index in [4.69, 9.17) is 10.5 Å². The van der Waals surface area contributed by atoms with E-state index in [1.165, 1.54) is 19.3 Å². The first-order valence-electron chi connectivity index (χ1n) is 6.15. The van der Waals surface area contributed by atoms with E-state index in [-0.39, 0.29) is 0 Å². The van der Waals surface area contributed by atoms with Crippen LogP contribution in [-0.2, 0) is 4.74 Å². The lowest BCUT2D eigenvalue weighted by Gasteiger charge is -2.35. The van der Waals surface area contributed by atoms with Crippen molar-refractivity contribution in [3.8, 4) is 0 Å². The fraction of sp³-hybridized carbons (Fsp3) is 1.00. The SMILES string of the molecule is CCC(COC)N(C)C1CCCC1CN. The molecule has 1 aliphatic rings. The Balaban J connectivity index is 2.52. The van der Waals surface area contributed by atoms with E-state index >= 15 is 0 Å². The van der Waals surface area contributed by atoms with E-state index in [0.717, 1.165) is 19.6 Å². The molecule has 0 bridgehead atoms. The van der Waals surface area contributed by atoms with Crippen LogP contribution in [0.1, 0.15) is 32.6 Å². The van der Waals surface area contributed by atoms with Gasteiger partial charge in [0.25, 0.3) is 0 Å². The van der Waals surface area contributed by atoms with E-state index in [9.17, 15) is 0 Å². The first-order valence-corrected chi connectivity index (χ1v) is 6.15. The van der Waals surface area contributed by atoms with Gasteiger partial charge in [-0.2, -0.15) is 0 Å². The molecular weight excluding hydrogens is 188 g/mol. The molecule has 3 unspecified atom stereocenters. The molecule has 1 aliphatic carbocycles. The van der Waals surface area contributed by atoms with Crippen molar-refractivity contribution in [2.24, 2.45) is 11.7 Å². The van der Waals surface area contributed by atoms with Crippen LogP contribution in [0.3, 0.4) is 0 Å². The van der Waals surface area contributed by atoms with Crippen LogP contribution in [0.25, 0.3) is 0 Å². The van der Waals surface area contributed by atoms with Gasteiger partial charge in [-0.05, 0) is 38.8 Å². The molecule has 0 amide bonds.